The van der Waals surface area contributed by atoms with Gasteiger partial charge in [0.15, 0.2) is 0 Å². The van der Waals surface area contributed by atoms with Crippen LogP contribution in [-0.4, -0.2) is 62.0 Å². The van der Waals surface area contributed by atoms with Crippen LogP contribution in [0.2, 0.25) is 0 Å². The molecule has 0 saturated heterocycles. The van der Waals surface area contributed by atoms with Gasteiger partial charge in [-0.3, -0.25) is 0 Å². The molecule has 0 aliphatic heterocycles. The second-order valence-electron chi connectivity index (χ2n) is 9.61. The van der Waals surface area contributed by atoms with Gasteiger partial charge in [-0.2, -0.15) is 0 Å². The first-order chi connectivity index (χ1) is 20.8. The van der Waals surface area contributed by atoms with Gasteiger partial charge >= 0.3 is 253 Å². The molecule has 0 atom stereocenters. The Morgan fingerprint density at radius 1 is 0.465 bits per heavy atom. The molecule has 0 aliphatic carbocycles. The number of phenols is 1. The summed E-state index contributed by atoms with van der Waals surface area (Å²) < 4.78 is 47.8. The van der Waals surface area contributed by atoms with Crippen LogP contribution in [0.3, 0.4) is 0 Å². The second-order valence-corrected chi connectivity index (χ2v) is 13.3. The van der Waals surface area contributed by atoms with Gasteiger partial charge in [0, 0.05) is 0 Å². The Morgan fingerprint density at radius 3 is 1.09 bits per heavy atom. The van der Waals surface area contributed by atoms with Gasteiger partial charge in [0.2, 0.25) is 0 Å². The van der Waals surface area contributed by atoms with Gasteiger partial charge in [0.1, 0.15) is 0 Å². The van der Waals surface area contributed by atoms with E-state index in [1.54, 1.807) is 69.0 Å². The van der Waals surface area contributed by atoms with Crippen LogP contribution in [0, 0.1) is 0 Å². The number of phenolic OH excluding ortho intramolecular Hbond substituents is 1. The summed E-state index contributed by atoms with van der Waals surface area (Å²) >= 11 is 0. The molecule has 4 rings (SSSR count). The van der Waals surface area contributed by atoms with Gasteiger partial charge in [-0.15, -0.1) is 0 Å². The van der Waals surface area contributed by atoms with Crippen LogP contribution < -0.4 is 53.8 Å². The Kier molecular flexibility index (Phi) is 9.99. The molecular formula is C33H39O9P. The van der Waals surface area contributed by atoms with Crippen molar-refractivity contribution in [3.8, 4) is 51.7 Å². The minimum absolute atomic E-state index is 0.0117. The molecule has 10 heteroatoms. The average molecular weight is 611 g/mol. The third-order valence-corrected chi connectivity index (χ3v) is 12.5. The molecule has 1 N–H and O–H groups in total. The van der Waals surface area contributed by atoms with Gasteiger partial charge < -0.3 is 0 Å². The van der Waals surface area contributed by atoms with E-state index in [0.717, 1.165) is 16.2 Å². The molecule has 0 radical (unpaired) electrons. The van der Waals surface area contributed by atoms with Crippen molar-refractivity contribution in [1.82, 2.24) is 0 Å². The monoisotopic (exact) mass is 610 g/mol. The molecule has 0 amide bonds. The van der Waals surface area contributed by atoms with Crippen molar-refractivity contribution in [2.24, 2.45) is 0 Å². The molecule has 0 unspecified atom stereocenters. The molecule has 0 fully saturated rings. The summed E-state index contributed by atoms with van der Waals surface area (Å²) in [5.74, 6) is 4.02. The van der Waals surface area contributed by atoms with E-state index in [1.165, 1.54) is 0 Å². The fraction of sp³-hybridized carbons (Fsp3) is 0.273. The number of rotatable bonds is 13. The molecule has 0 saturated carbocycles. The standard InChI is InChI=1S/C33H39O9P/c1-35-23-16-27(39-5)32(28(17-23)40-6)43(20-21-12-10-9-11-13-21,31-25(37-3)14-22(34)15-26(31)38-4)33-29(41-7)18-24(36-2)19-30(33)42-8/h9-19,34,43H,20H2,1-8H3. The van der Waals surface area contributed by atoms with Crippen LogP contribution in [0.1, 0.15) is 5.56 Å². The van der Waals surface area contributed by atoms with Gasteiger partial charge in [-0.25, -0.2) is 0 Å². The summed E-state index contributed by atoms with van der Waals surface area (Å²) in [5, 5.41) is 13.0. The van der Waals surface area contributed by atoms with Crippen LogP contribution in [0.4, 0.5) is 0 Å². The number of aromatic hydroxyl groups is 1. The Morgan fingerprint density at radius 2 is 0.791 bits per heavy atom. The minimum atomic E-state index is -3.62. The maximum absolute atomic E-state index is 10.7. The van der Waals surface area contributed by atoms with Gasteiger partial charge in [-0.05, 0) is 0 Å². The Labute approximate surface area is 253 Å². The van der Waals surface area contributed by atoms with Crippen molar-refractivity contribution in [3.05, 3.63) is 72.3 Å². The molecule has 230 valence electrons. The number of methoxy groups -OCH3 is 8. The second kappa shape index (κ2) is 13.7. The normalized spacial score (nSPS) is 11.3. The molecular weight excluding hydrogens is 571 g/mol. The Hall–Kier alpha value is -4.49. The van der Waals surface area contributed by atoms with Crippen molar-refractivity contribution in [2.45, 2.75) is 6.16 Å². The number of ether oxygens (including phenoxy) is 8. The Bertz CT molecular complexity index is 1420. The van der Waals surface area contributed by atoms with Crippen LogP contribution in [0.5, 0.6) is 51.7 Å². The summed E-state index contributed by atoms with van der Waals surface area (Å²) in [4.78, 5) is 0. The number of hydrogen-bond acceptors (Lipinski definition) is 9. The molecule has 43 heavy (non-hydrogen) atoms. The number of hydrogen-bond donors (Lipinski definition) is 1. The van der Waals surface area contributed by atoms with Crippen LogP contribution in [-0.2, 0) is 6.16 Å². The summed E-state index contributed by atoms with van der Waals surface area (Å²) in [5.41, 5.74) is 1.02. The van der Waals surface area contributed by atoms with Crippen molar-refractivity contribution >= 4 is 23.2 Å². The van der Waals surface area contributed by atoms with Crippen molar-refractivity contribution in [2.75, 3.05) is 56.9 Å². The predicted octanol–water partition coefficient (Wildman–Crippen LogP) is 4.69. The van der Waals surface area contributed by atoms with Gasteiger partial charge in [0.05, 0.1) is 0 Å². The summed E-state index contributed by atoms with van der Waals surface area (Å²) in [7, 11) is 9.09. The summed E-state index contributed by atoms with van der Waals surface area (Å²) in [6.07, 6.45) is 0.462. The SMILES string of the molecule is COc1cc(OC)c([PH](Cc2ccccc2)(c2c(OC)cc(O)cc2OC)c2c(OC)cc(OC)cc2OC)c(OC)c1. The zero-order chi connectivity index (χ0) is 31.1. The van der Waals surface area contributed by atoms with Crippen LogP contribution in [0.15, 0.2) is 66.7 Å². The molecule has 9 nitrogen and oxygen atoms in total. The van der Waals surface area contributed by atoms with E-state index in [1.807, 2.05) is 42.5 Å². The van der Waals surface area contributed by atoms with Gasteiger partial charge in [0.25, 0.3) is 0 Å². The third kappa shape index (κ3) is 5.77. The average Bonchev–Trinajstić information content (AvgIpc) is 3.05. The molecule has 0 spiro atoms. The fourth-order valence-electron chi connectivity index (χ4n) is 5.71. The third-order valence-electron chi connectivity index (χ3n) is 7.51. The van der Waals surface area contributed by atoms with Crippen molar-refractivity contribution in [1.29, 1.82) is 0 Å². The molecule has 4 aromatic rings. The molecule has 0 heterocycles. The first-order valence-corrected chi connectivity index (χ1v) is 15.7. The predicted molar refractivity (Wildman–Crippen MR) is 171 cm³/mol. The van der Waals surface area contributed by atoms with Crippen LogP contribution in [0.25, 0.3) is 0 Å². The first-order valence-electron chi connectivity index (χ1n) is 13.5. The number of benzene rings is 4. The van der Waals surface area contributed by atoms with E-state index in [2.05, 4.69) is 12.1 Å². The Balaban J connectivity index is 2.41. The van der Waals surface area contributed by atoms with E-state index >= 15 is 0 Å². The maximum atomic E-state index is 10.7. The van der Waals surface area contributed by atoms with Crippen molar-refractivity contribution < 1.29 is 43.0 Å². The molecule has 0 bridgehead atoms. The fourth-order valence-corrected chi connectivity index (χ4v) is 11.4. The zero-order valence-electron chi connectivity index (χ0n) is 25.8. The summed E-state index contributed by atoms with van der Waals surface area (Å²) in [6, 6.07) is 20.5. The topological polar surface area (TPSA) is 94.1 Å². The first kappa shape index (κ1) is 31.4. The zero-order valence-corrected chi connectivity index (χ0v) is 26.8. The molecule has 0 aliphatic rings. The van der Waals surface area contributed by atoms with E-state index in [9.17, 15) is 5.11 Å². The quantitative estimate of drug-likeness (QED) is 0.217. The molecule has 4 aromatic carbocycles. The van der Waals surface area contributed by atoms with Gasteiger partial charge in [-0.1, -0.05) is 0 Å². The summed E-state index contributed by atoms with van der Waals surface area (Å²) in [6.45, 7) is 0. The van der Waals surface area contributed by atoms with E-state index in [4.69, 9.17) is 37.9 Å². The van der Waals surface area contributed by atoms with Crippen LogP contribution >= 0.6 is 7.26 Å². The van der Waals surface area contributed by atoms with E-state index in [-0.39, 0.29) is 5.75 Å². The van der Waals surface area contributed by atoms with E-state index < -0.39 is 7.26 Å². The molecule has 0 aromatic heterocycles. The van der Waals surface area contributed by atoms with E-state index in [0.29, 0.717) is 57.5 Å². The van der Waals surface area contributed by atoms with Crippen molar-refractivity contribution in [3.63, 3.8) is 0 Å².